The molecule has 0 bridgehead atoms. The third kappa shape index (κ3) is 2.78. The minimum absolute atomic E-state index is 0.518. The second-order valence-electron chi connectivity index (χ2n) is 6.91. The van der Waals surface area contributed by atoms with Crippen molar-refractivity contribution in [3.8, 4) is 0 Å². The summed E-state index contributed by atoms with van der Waals surface area (Å²) in [7, 11) is 0. The highest BCUT2D eigenvalue weighted by molar-refractivity contribution is 4.91. The van der Waals surface area contributed by atoms with Gasteiger partial charge in [-0.1, -0.05) is 27.7 Å². The van der Waals surface area contributed by atoms with E-state index in [2.05, 4.69) is 37.5 Å². The quantitative estimate of drug-likeness (QED) is 0.723. The standard InChI is InChI=1S/C14H28N2/c1-5-6-15-7-12(8-15)9-16-10-13(11-16)14(2,3)4/h12-13H,5-11H2,1-4H3. The van der Waals surface area contributed by atoms with Crippen molar-refractivity contribution in [1.82, 2.24) is 9.80 Å². The van der Waals surface area contributed by atoms with Gasteiger partial charge in [0.1, 0.15) is 0 Å². The van der Waals surface area contributed by atoms with Crippen LogP contribution in [0.25, 0.3) is 0 Å². The number of likely N-dealkylation sites (tertiary alicyclic amines) is 2. The molecule has 0 radical (unpaired) electrons. The van der Waals surface area contributed by atoms with Crippen LogP contribution in [0.5, 0.6) is 0 Å². The maximum atomic E-state index is 2.66. The summed E-state index contributed by atoms with van der Waals surface area (Å²) >= 11 is 0. The monoisotopic (exact) mass is 224 g/mol. The molecule has 0 aromatic rings. The molecule has 2 rings (SSSR count). The van der Waals surface area contributed by atoms with Crippen molar-refractivity contribution in [1.29, 1.82) is 0 Å². The molecule has 0 spiro atoms. The molecule has 2 nitrogen and oxygen atoms in total. The molecule has 2 fully saturated rings. The molecule has 0 saturated carbocycles. The van der Waals surface area contributed by atoms with E-state index < -0.39 is 0 Å². The van der Waals surface area contributed by atoms with Crippen LogP contribution in [0, 0.1) is 17.3 Å². The van der Waals surface area contributed by atoms with Crippen LogP contribution in [-0.4, -0.2) is 49.1 Å². The third-order valence-corrected chi connectivity index (χ3v) is 4.27. The summed E-state index contributed by atoms with van der Waals surface area (Å²) in [5.41, 5.74) is 0.518. The molecular formula is C14H28N2. The van der Waals surface area contributed by atoms with Crippen LogP contribution in [0.2, 0.25) is 0 Å². The van der Waals surface area contributed by atoms with Gasteiger partial charge in [0.2, 0.25) is 0 Å². The predicted molar refractivity (Wildman–Crippen MR) is 69.6 cm³/mol. The molecule has 0 unspecified atom stereocenters. The van der Waals surface area contributed by atoms with E-state index in [4.69, 9.17) is 0 Å². The fraction of sp³-hybridized carbons (Fsp3) is 1.00. The summed E-state index contributed by atoms with van der Waals surface area (Å²) in [6, 6.07) is 0. The smallest absolute Gasteiger partial charge is 0.00344 e. The molecule has 2 heterocycles. The van der Waals surface area contributed by atoms with E-state index >= 15 is 0 Å². The van der Waals surface area contributed by atoms with Gasteiger partial charge in [-0.2, -0.15) is 0 Å². The Morgan fingerprint density at radius 3 is 2.12 bits per heavy atom. The van der Waals surface area contributed by atoms with Crippen molar-refractivity contribution >= 4 is 0 Å². The van der Waals surface area contributed by atoms with E-state index in [1.807, 2.05) is 0 Å². The Kier molecular flexibility index (Phi) is 3.60. The van der Waals surface area contributed by atoms with Crippen LogP contribution < -0.4 is 0 Å². The first kappa shape index (κ1) is 12.4. The molecule has 2 aliphatic rings. The second kappa shape index (κ2) is 4.66. The Labute approximate surface area is 101 Å². The molecule has 2 aliphatic heterocycles. The third-order valence-electron chi connectivity index (χ3n) is 4.27. The second-order valence-corrected chi connectivity index (χ2v) is 6.91. The largest absolute Gasteiger partial charge is 0.303 e. The Balaban J connectivity index is 1.58. The van der Waals surface area contributed by atoms with E-state index in [-0.39, 0.29) is 0 Å². The lowest BCUT2D eigenvalue weighted by Gasteiger charge is -2.50. The Bertz CT molecular complexity index is 219. The zero-order valence-electron chi connectivity index (χ0n) is 11.5. The predicted octanol–water partition coefficient (Wildman–Crippen LogP) is 2.31. The van der Waals surface area contributed by atoms with E-state index in [1.54, 1.807) is 0 Å². The van der Waals surface area contributed by atoms with Crippen LogP contribution >= 0.6 is 0 Å². The Morgan fingerprint density at radius 2 is 1.62 bits per heavy atom. The number of hydrogen-bond donors (Lipinski definition) is 0. The van der Waals surface area contributed by atoms with Crippen molar-refractivity contribution in [3.05, 3.63) is 0 Å². The summed E-state index contributed by atoms with van der Waals surface area (Å²) in [5.74, 6) is 1.90. The van der Waals surface area contributed by atoms with Crippen LogP contribution in [0.1, 0.15) is 34.1 Å². The van der Waals surface area contributed by atoms with Gasteiger partial charge in [0.15, 0.2) is 0 Å². The van der Waals surface area contributed by atoms with Gasteiger partial charge in [0.25, 0.3) is 0 Å². The Morgan fingerprint density at radius 1 is 1.00 bits per heavy atom. The zero-order valence-corrected chi connectivity index (χ0v) is 11.5. The molecular weight excluding hydrogens is 196 g/mol. The van der Waals surface area contributed by atoms with Gasteiger partial charge in [-0.05, 0) is 30.2 Å². The molecule has 0 aliphatic carbocycles. The average Bonchev–Trinajstić information content (AvgIpc) is 2.02. The van der Waals surface area contributed by atoms with Crippen LogP contribution in [0.4, 0.5) is 0 Å². The summed E-state index contributed by atoms with van der Waals surface area (Å²) in [4.78, 5) is 5.25. The fourth-order valence-electron chi connectivity index (χ4n) is 2.92. The molecule has 2 saturated heterocycles. The first-order chi connectivity index (χ1) is 7.49. The maximum absolute atomic E-state index is 2.66. The van der Waals surface area contributed by atoms with Crippen molar-refractivity contribution in [2.75, 3.05) is 39.3 Å². The van der Waals surface area contributed by atoms with E-state index in [0.29, 0.717) is 5.41 Å². The molecule has 0 atom stereocenters. The lowest BCUT2D eigenvalue weighted by Crippen LogP contribution is -2.58. The Hall–Kier alpha value is -0.0800. The van der Waals surface area contributed by atoms with Crippen molar-refractivity contribution in [3.63, 3.8) is 0 Å². The van der Waals surface area contributed by atoms with Gasteiger partial charge in [0.05, 0.1) is 0 Å². The topological polar surface area (TPSA) is 6.48 Å². The molecule has 2 heteroatoms. The molecule has 0 N–H and O–H groups in total. The fourth-order valence-corrected chi connectivity index (χ4v) is 2.92. The van der Waals surface area contributed by atoms with Gasteiger partial charge in [-0.15, -0.1) is 0 Å². The molecule has 0 aromatic carbocycles. The molecule has 16 heavy (non-hydrogen) atoms. The maximum Gasteiger partial charge on any atom is 0.00344 e. The summed E-state index contributed by atoms with van der Waals surface area (Å²) in [6.45, 7) is 17.4. The van der Waals surface area contributed by atoms with Gasteiger partial charge in [0, 0.05) is 32.7 Å². The van der Waals surface area contributed by atoms with Gasteiger partial charge in [-0.3, -0.25) is 0 Å². The SMILES string of the molecule is CCCN1CC(CN2CC(C(C)(C)C)C2)C1. The van der Waals surface area contributed by atoms with Crippen LogP contribution in [0.15, 0.2) is 0 Å². The minimum Gasteiger partial charge on any atom is -0.303 e. The zero-order chi connectivity index (χ0) is 11.8. The van der Waals surface area contributed by atoms with Gasteiger partial charge in [-0.25, -0.2) is 0 Å². The first-order valence-electron chi connectivity index (χ1n) is 6.93. The van der Waals surface area contributed by atoms with Crippen molar-refractivity contribution < 1.29 is 0 Å². The highest BCUT2D eigenvalue weighted by atomic mass is 15.2. The van der Waals surface area contributed by atoms with Gasteiger partial charge >= 0.3 is 0 Å². The van der Waals surface area contributed by atoms with E-state index in [1.165, 1.54) is 45.7 Å². The minimum atomic E-state index is 0.518. The lowest BCUT2D eigenvalue weighted by molar-refractivity contribution is -0.0145. The molecule has 0 aromatic heterocycles. The highest BCUT2D eigenvalue weighted by Gasteiger charge is 2.38. The summed E-state index contributed by atoms with van der Waals surface area (Å²) in [6.07, 6.45) is 1.31. The number of rotatable bonds is 4. The number of hydrogen-bond acceptors (Lipinski definition) is 2. The molecule has 94 valence electrons. The van der Waals surface area contributed by atoms with Crippen molar-refractivity contribution in [2.24, 2.45) is 17.3 Å². The van der Waals surface area contributed by atoms with E-state index in [0.717, 1.165) is 11.8 Å². The normalized spacial score (nSPS) is 25.5. The highest BCUT2D eigenvalue weighted by Crippen LogP contribution is 2.34. The number of nitrogens with zero attached hydrogens (tertiary/aromatic N) is 2. The molecule has 0 amide bonds. The van der Waals surface area contributed by atoms with E-state index in [9.17, 15) is 0 Å². The first-order valence-corrected chi connectivity index (χ1v) is 6.93. The lowest BCUT2D eigenvalue weighted by atomic mass is 9.75. The average molecular weight is 224 g/mol. The van der Waals surface area contributed by atoms with Crippen molar-refractivity contribution in [2.45, 2.75) is 34.1 Å². The summed E-state index contributed by atoms with van der Waals surface area (Å²) in [5, 5.41) is 0. The van der Waals surface area contributed by atoms with Crippen LogP contribution in [-0.2, 0) is 0 Å². The summed E-state index contributed by atoms with van der Waals surface area (Å²) < 4.78 is 0. The van der Waals surface area contributed by atoms with Gasteiger partial charge < -0.3 is 9.80 Å². The van der Waals surface area contributed by atoms with Crippen LogP contribution in [0.3, 0.4) is 0 Å².